The topological polar surface area (TPSA) is 71.9 Å². The van der Waals surface area contributed by atoms with Gasteiger partial charge in [0.1, 0.15) is 0 Å². The molecule has 5 nitrogen and oxygen atoms in total. The largest absolute Gasteiger partial charge is 0.441 e. The van der Waals surface area contributed by atoms with Crippen molar-refractivity contribution in [3.05, 3.63) is 47.5 Å². The standard InChI is InChI=1S/C11H13N2O3P/c1-15-17(14,16-2)11(13-12)9-8-10-6-4-3-5-7-10/h3-9H,1-2H3/b9-8+. The van der Waals surface area contributed by atoms with Gasteiger partial charge >= 0.3 is 13.0 Å². The predicted octanol–water partition coefficient (Wildman–Crippen LogP) is 2.81. The van der Waals surface area contributed by atoms with Crippen LogP contribution in [0.5, 0.6) is 0 Å². The molecule has 0 aliphatic carbocycles. The van der Waals surface area contributed by atoms with E-state index in [0.717, 1.165) is 5.56 Å². The van der Waals surface area contributed by atoms with Crippen molar-refractivity contribution >= 4 is 19.1 Å². The summed E-state index contributed by atoms with van der Waals surface area (Å²) in [6.45, 7) is 0. The maximum atomic E-state index is 11.9. The van der Waals surface area contributed by atoms with Gasteiger partial charge in [0.15, 0.2) is 0 Å². The fourth-order valence-electron chi connectivity index (χ4n) is 1.18. The molecule has 1 aromatic carbocycles. The number of hydrogen-bond acceptors (Lipinski definition) is 3. The minimum Gasteiger partial charge on any atom is -0.360 e. The van der Waals surface area contributed by atoms with Crippen LogP contribution in [0.4, 0.5) is 0 Å². The molecule has 0 fully saturated rings. The van der Waals surface area contributed by atoms with E-state index in [0.29, 0.717) is 0 Å². The van der Waals surface area contributed by atoms with E-state index >= 15 is 0 Å². The van der Waals surface area contributed by atoms with E-state index in [4.69, 9.17) is 14.6 Å². The fourth-order valence-corrected chi connectivity index (χ4v) is 2.07. The third kappa shape index (κ3) is 3.48. The summed E-state index contributed by atoms with van der Waals surface area (Å²) in [5, 5.41) is 0. The van der Waals surface area contributed by atoms with Crippen LogP contribution in [0, 0.1) is 0 Å². The maximum absolute atomic E-state index is 11.9. The first-order chi connectivity index (χ1) is 8.16. The Bertz CT molecular complexity index is 485. The second-order valence-electron chi connectivity index (χ2n) is 3.06. The molecular weight excluding hydrogens is 239 g/mol. The van der Waals surface area contributed by atoms with Gasteiger partial charge in [-0.1, -0.05) is 30.3 Å². The van der Waals surface area contributed by atoms with E-state index in [1.807, 2.05) is 30.3 Å². The van der Waals surface area contributed by atoms with Crippen molar-refractivity contribution in [2.24, 2.45) is 0 Å². The Balaban J connectivity index is 2.97. The molecule has 0 saturated carbocycles. The number of nitrogens with zero attached hydrogens (tertiary/aromatic N) is 2. The predicted molar refractivity (Wildman–Crippen MR) is 65.7 cm³/mol. The smallest absolute Gasteiger partial charge is 0.360 e. The molecule has 0 aliphatic rings. The highest BCUT2D eigenvalue weighted by Gasteiger charge is 2.35. The Hall–Kier alpha value is -1.51. The van der Waals surface area contributed by atoms with Crippen LogP contribution in [0.25, 0.3) is 11.6 Å². The minimum atomic E-state index is -3.52. The summed E-state index contributed by atoms with van der Waals surface area (Å²) < 4.78 is 21.4. The molecule has 90 valence electrons. The Morgan fingerprint density at radius 2 is 1.88 bits per heavy atom. The van der Waals surface area contributed by atoms with E-state index in [2.05, 4.69) is 4.79 Å². The molecular formula is C11H13N2O3P. The van der Waals surface area contributed by atoms with Crippen LogP contribution in [-0.2, 0) is 13.6 Å². The quantitative estimate of drug-likeness (QED) is 0.350. The van der Waals surface area contributed by atoms with Crippen LogP contribution in [0.2, 0.25) is 0 Å². The zero-order chi connectivity index (χ0) is 12.7. The van der Waals surface area contributed by atoms with Gasteiger partial charge in [0.05, 0.1) is 0 Å². The Morgan fingerprint density at radius 3 is 2.35 bits per heavy atom. The lowest BCUT2D eigenvalue weighted by molar-refractivity contribution is -0.00142. The third-order valence-electron chi connectivity index (χ3n) is 2.09. The molecule has 0 heterocycles. The van der Waals surface area contributed by atoms with Crippen LogP contribution in [-0.4, -0.2) is 24.5 Å². The van der Waals surface area contributed by atoms with Crippen molar-refractivity contribution in [1.82, 2.24) is 0 Å². The average molecular weight is 252 g/mol. The highest BCUT2D eigenvalue weighted by atomic mass is 31.2. The number of hydrogen-bond donors (Lipinski definition) is 0. The summed E-state index contributed by atoms with van der Waals surface area (Å²) in [7, 11) is -1.06. The summed E-state index contributed by atoms with van der Waals surface area (Å²) in [5.74, 6) is 0. The van der Waals surface area contributed by atoms with Crippen molar-refractivity contribution in [3.63, 3.8) is 0 Å². The molecule has 17 heavy (non-hydrogen) atoms. The summed E-state index contributed by atoms with van der Waals surface area (Å²) in [5.41, 5.74) is 9.54. The van der Waals surface area contributed by atoms with E-state index in [1.54, 1.807) is 6.08 Å². The van der Waals surface area contributed by atoms with Gasteiger partial charge in [0.2, 0.25) is 0 Å². The maximum Gasteiger partial charge on any atom is 0.441 e. The lowest BCUT2D eigenvalue weighted by Gasteiger charge is -2.05. The number of benzene rings is 1. The summed E-state index contributed by atoms with van der Waals surface area (Å²) in [6.07, 6.45) is 3.04. The van der Waals surface area contributed by atoms with Crippen molar-refractivity contribution in [1.29, 1.82) is 0 Å². The zero-order valence-electron chi connectivity index (χ0n) is 9.61. The molecule has 0 saturated heterocycles. The Labute approximate surface area is 99.8 Å². The molecule has 0 radical (unpaired) electrons. The normalized spacial score (nSPS) is 11.4. The van der Waals surface area contributed by atoms with Gasteiger partial charge in [-0.15, -0.1) is 0 Å². The first kappa shape index (κ1) is 13.6. The van der Waals surface area contributed by atoms with Crippen molar-refractivity contribution in [2.75, 3.05) is 14.2 Å². The molecule has 6 heteroatoms. The highest BCUT2D eigenvalue weighted by molar-refractivity contribution is 7.72. The van der Waals surface area contributed by atoms with Gasteiger partial charge in [-0.3, -0.25) is 0 Å². The number of rotatable bonds is 5. The molecule has 0 unspecified atom stereocenters. The molecule has 0 amide bonds. The lowest BCUT2D eigenvalue weighted by atomic mass is 10.2. The monoisotopic (exact) mass is 252 g/mol. The van der Waals surface area contributed by atoms with E-state index < -0.39 is 7.60 Å². The molecule has 0 aliphatic heterocycles. The first-order valence-electron chi connectivity index (χ1n) is 4.83. The molecule has 0 atom stereocenters. The zero-order valence-corrected chi connectivity index (χ0v) is 10.5. The summed E-state index contributed by atoms with van der Waals surface area (Å²) in [6, 6.07) is 9.32. The van der Waals surface area contributed by atoms with Crippen LogP contribution >= 0.6 is 7.60 Å². The van der Waals surface area contributed by atoms with Gasteiger partial charge < -0.3 is 14.6 Å². The summed E-state index contributed by atoms with van der Waals surface area (Å²) in [4.78, 5) is 2.93. The van der Waals surface area contributed by atoms with E-state index in [-0.39, 0.29) is 5.45 Å². The van der Waals surface area contributed by atoms with Gasteiger partial charge in [0.25, 0.3) is 0 Å². The lowest BCUT2D eigenvalue weighted by Crippen LogP contribution is -2.01. The van der Waals surface area contributed by atoms with E-state index in [9.17, 15) is 4.57 Å². The molecule has 0 aromatic heterocycles. The second kappa shape index (κ2) is 6.28. The minimum absolute atomic E-state index is 0.147. The Morgan fingerprint density at radius 1 is 1.29 bits per heavy atom. The van der Waals surface area contributed by atoms with Crippen molar-refractivity contribution in [2.45, 2.75) is 0 Å². The summed E-state index contributed by atoms with van der Waals surface area (Å²) >= 11 is 0. The van der Waals surface area contributed by atoms with Crippen LogP contribution < -0.4 is 0 Å². The van der Waals surface area contributed by atoms with Gasteiger partial charge in [-0.05, 0) is 11.6 Å². The molecule has 0 bridgehead atoms. The van der Waals surface area contributed by atoms with Crippen molar-refractivity contribution in [3.8, 4) is 0 Å². The SMILES string of the molecule is COP(=O)(OC)C(/C=C/c1ccccc1)=[N+]=[N-]. The second-order valence-corrected chi connectivity index (χ2v) is 5.25. The average Bonchev–Trinajstić information content (AvgIpc) is 2.40. The van der Waals surface area contributed by atoms with E-state index in [1.165, 1.54) is 20.3 Å². The molecule has 0 N–H and O–H groups in total. The third-order valence-corrected chi connectivity index (χ3v) is 3.85. The van der Waals surface area contributed by atoms with Gasteiger partial charge in [-0.2, -0.15) is 4.79 Å². The van der Waals surface area contributed by atoms with Crippen molar-refractivity contribution < 1.29 is 18.4 Å². The molecule has 0 spiro atoms. The highest BCUT2D eigenvalue weighted by Crippen LogP contribution is 2.47. The first-order valence-corrected chi connectivity index (χ1v) is 6.38. The van der Waals surface area contributed by atoms with Gasteiger partial charge in [-0.25, -0.2) is 4.57 Å². The van der Waals surface area contributed by atoms with Crippen LogP contribution in [0.15, 0.2) is 36.4 Å². The molecule has 1 rings (SSSR count). The van der Waals surface area contributed by atoms with Crippen LogP contribution in [0.1, 0.15) is 5.56 Å². The van der Waals surface area contributed by atoms with Crippen LogP contribution in [0.3, 0.4) is 0 Å². The fraction of sp³-hybridized carbons (Fsp3) is 0.182. The molecule has 1 aromatic rings. The Kier molecular flexibility index (Phi) is 5.01. The number of allylic oxidation sites excluding steroid dienone is 1. The van der Waals surface area contributed by atoms with Gasteiger partial charge in [0, 0.05) is 20.3 Å².